The van der Waals surface area contributed by atoms with E-state index in [0.717, 1.165) is 22.0 Å². The van der Waals surface area contributed by atoms with Crippen molar-refractivity contribution >= 4 is 40.3 Å². The van der Waals surface area contributed by atoms with Gasteiger partial charge in [-0.15, -0.1) is 0 Å². The Morgan fingerprint density at radius 2 is 2.16 bits per heavy atom. The second-order valence-corrected chi connectivity index (χ2v) is 6.41. The molecule has 5 nitrogen and oxygen atoms in total. The largest absolute Gasteiger partial charge is 0.384 e. The summed E-state index contributed by atoms with van der Waals surface area (Å²) in [5, 5.41) is 1.74. The Morgan fingerprint density at radius 1 is 1.36 bits per heavy atom. The number of anilines is 1. The smallest absolute Gasteiger partial charge is 0.246 e. The zero-order valence-electron chi connectivity index (χ0n) is 14.1. The maximum atomic E-state index is 12.4. The molecule has 0 aliphatic heterocycles. The molecule has 0 spiro atoms. The number of nitrogens with two attached hydrogens (primary N) is 1. The van der Waals surface area contributed by atoms with Crippen LogP contribution in [0, 0.1) is 0 Å². The zero-order chi connectivity index (χ0) is 18.0. The molecule has 0 aliphatic carbocycles. The summed E-state index contributed by atoms with van der Waals surface area (Å²) >= 11 is 6.11. The summed E-state index contributed by atoms with van der Waals surface area (Å²) in [6, 6.07) is 9.30. The second-order valence-electron chi connectivity index (χ2n) is 5.97. The number of rotatable bonds is 4. The lowest BCUT2D eigenvalue weighted by Crippen LogP contribution is -2.24. The molecule has 3 aromatic rings. The van der Waals surface area contributed by atoms with Crippen molar-refractivity contribution in [2.24, 2.45) is 7.05 Å². The number of likely N-dealkylation sites (N-methyl/N-ethyl adjacent to an activating group) is 1. The van der Waals surface area contributed by atoms with Gasteiger partial charge in [0.2, 0.25) is 5.91 Å². The van der Waals surface area contributed by atoms with Gasteiger partial charge in [-0.05, 0) is 47.5 Å². The first kappa shape index (κ1) is 17.0. The molecule has 2 aromatic heterocycles. The number of fused-ring (bicyclic) bond motifs is 1. The molecule has 0 unspecified atom stereocenters. The first-order chi connectivity index (χ1) is 11.9. The highest BCUT2D eigenvalue weighted by atomic mass is 35.5. The SMILES string of the molecule is CN(Cc1cn(C)c2ccc(Cl)cc12)C(=O)C=Cc1ccc(N)nc1. The standard InChI is InChI=1S/C19H19ClN4O/c1-23-11-14(16-9-15(20)5-6-17(16)23)12-24(2)19(25)8-4-13-3-7-18(21)22-10-13/h3-11H,12H2,1-2H3,(H2,21,22). The van der Waals surface area contributed by atoms with Crippen molar-refractivity contribution in [3.05, 3.63) is 65.0 Å². The van der Waals surface area contributed by atoms with Crippen LogP contribution in [0.15, 0.2) is 48.8 Å². The topological polar surface area (TPSA) is 64.2 Å². The number of aromatic nitrogens is 2. The van der Waals surface area contributed by atoms with Crippen molar-refractivity contribution in [3.8, 4) is 0 Å². The Hall–Kier alpha value is -2.79. The number of pyridine rings is 1. The number of hydrogen-bond acceptors (Lipinski definition) is 3. The van der Waals surface area contributed by atoms with Crippen LogP contribution in [0.4, 0.5) is 5.82 Å². The molecule has 1 aromatic carbocycles. The lowest BCUT2D eigenvalue weighted by molar-refractivity contribution is -0.125. The predicted molar refractivity (Wildman–Crippen MR) is 102 cm³/mol. The Bertz CT molecular complexity index is 944. The molecule has 2 heterocycles. The van der Waals surface area contributed by atoms with Crippen molar-refractivity contribution < 1.29 is 4.79 Å². The lowest BCUT2D eigenvalue weighted by Gasteiger charge is -2.14. The van der Waals surface area contributed by atoms with Gasteiger partial charge in [0.05, 0.1) is 0 Å². The van der Waals surface area contributed by atoms with Crippen molar-refractivity contribution in [1.82, 2.24) is 14.5 Å². The van der Waals surface area contributed by atoms with Gasteiger partial charge in [-0.25, -0.2) is 4.98 Å². The monoisotopic (exact) mass is 354 g/mol. The molecule has 0 atom stereocenters. The molecule has 3 rings (SSSR count). The van der Waals surface area contributed by atoms with Crippen LogP contribution < -0.4 is 5.73 Å². The van der Waals surface area contributed by atoms with E-state index in [4.69, 9.17) is 17.3 Å². The van der Waals surface area contributed by atoms with Gasteiger partial charge in [0.25, 0.3) is 0 Å². The summed E-state index contributed by atoms with van der Waals surface area (Å²) in [5.74, 6) is 0.367. The third-order valence-electron chi connectivity index (χ3n) is 4.05. The van der Waals surface area contributed by atoms with Crippen LogP contribution in [0.3, 0.4) is 0 Å². The van der Waals surface area contributed by atoms with E-state index in [1.54, 1.807) is 30.3 Å². The molecule has 2 N–H and O–H groups in total. The van der Waals surface area contributed by atoms with Crippen LogP contribution in [0.5, 0.6) is 0 Å². The number of aryl methyl sites for hydroxylation is 1. The number of benzene rings is 1. The van der Waals surface area contributed by atoms with Crippen LogP contribution in [-0.2, 0) is 18.4 Å². The van der Waals surface area contributed by atoms with E-state index in [1.807, 2.05) is 42.1 Å². The molecule has 0 saturated carbocycles. The third-order valence-corrected chi connectivity index (χ3v) is 4.28. The first-order valence-corrected chi connectivity index (χ1v) is 8.20. The Morgan fingerprint density at radius 3 is 2.88 bits per heavy atom. The fraction of sp³-hybridized carbons (Fsp3) is 0.158. The molecule has 1 amide bonds. The van der Waals surface area contributed by atoms with Crippen LogP contribution in [-0.4, -0.2) is 27.4 Å². The minimum Gasteiger partial charge on any atom is -0.384 e. The van der Waals surface area contributed by atoms with E-state index in [1.165, 1.54) is 6.08 Å². The summed E-state index contributed by atoms with van der Waals surface area (Å²) < 4.78 is 2.04. The Balaban J connectivity index is 1.75. The number of nitrogens with zero attached hydrogens (tertiary/aromatic N) is 3. The van der Waals surface area contributed by atoms with E-state index in [-0.39, 0.29) is 5.91 Å². The predicted octanol–water partition coefficient (Wildman–Crippen LogP) is 3.48. The summed E-state index contributed by atoms with van der Waals surface area (Å²) in [6.07, 6.45) is 6.92. The van der Waals surface area contributed by atoms with Crippen LogP contribution >= 0.6 is 11.6 Å². The van der Waals surface area contributed by atoms with Gasteiger partial charge in [-0.3, -0.25) is 4.79 Å². The zero-order valence-corrected chi connectivity index (χ0v) is 14.9. The molecular weight excluding hydrogens is 336 g/mol. The molecular formula is C19H19ClN4O. The number of carbonyl (C=O) groups is 1. The van der Waals surface area contributed by atoms with Crippen LogP contribution in [0.2, 0.25) is 5.02 Å². The number of halogens is 1. The summed E-state index contributed by atoms with van der Waals surface area (Å²) in [5.41, 5.74) is 8.52. The van der Waals surface area contributed by atoms with Gasteiger partial charge in [0, 0.05) is 55.0 Å². The maximum absolute atomic E-state index is 12.4. The number of carbonyl (C=O) groups excluding carboxylic acids is 1. The summed E-state index contributed by atoms with van der Waals surface area (Å²) in [6.45, 7) is 0.501. The van der Waals surface area contributed by atoms with Crippen LogP contribution in [0.25, 0.3) is 17.0 Å². The van der Waals surface area contributed by atoms with Gasteiger partial charge in [0.1, 0.15) is 5.82 Å². The Labute approximate surface area is 151 Å². The average Bonchev–Trinajstić information content (AvgIpc) is 2.89. The van der Waals surface area contributed by atoms with Gasteiger partial charge in [0.15, 0.2) is 0 Å². The fourth-order valence-corrected chi connectivity index (χ4v) is 2.89. The summed E-state index contributed by atoms with van der Waals surface area (Å²) in [7, 11) is 3.76. The summed E-state index contributed by atoms with van der Waals surface area (Å²) in [4.78, 5) is 18.0. The molecule has 0 fully saturated rings. The van der Waals surface area contributed by atoms with Crippen LogP contribution in [0.1, 0.15) is 11.1 Å². The molecule has 128 valence electrons. The number of amides is 1. The average molecular weight is 355 g/mol. The van der Waals surface area contributed by atoms with E-state index < -0.39 is 0 Å². The quantitative estimate of drug-likeness (QED) is 0.729. The minimum atomic E-state index is -0.0872. The maximum Gasteiger partial charge on any atom is 0.246 e. The minimum absolute atomic E-state index is 0.0872. The van der Waals surface area contributed by atoms with E-state index >= 15 is 0 Å². The highest BCUT2D eigenvalue weighted by Gasteiger charge is 2.12. The first-order valence-electron chi connectivity index (χ1n) is 7.82. The Kier molecular flexibility index (Phi) is 4.76. The molecule has 25 heavy (non-hydrogen) atoms. The van der Waals surface area contributed by atoms with E-state index in [9.17, 15) is 4.79 Å². The van der Waals surface area contributed by atoms with Gasteiger partial charge in [-0.2, -0.15) is 0 Å². The lowest BCUT2D eigenvalue weighted by atomic mass is 10.1. The highest BCUT2D eigenvalue weighted by molar-refractivity contribution is 6.31. The number of hydrogen-bond donors (Lipinski definition) is 1. The van der Waals surface area contributed by atoms with Crippen molar-refractivity contribution in [2.75, 3.05) is 12.8 Å². The molecule has 0 aliphatic rings. The number of nitrogen functional groups attached to an aromatic ring is 1. The van der Waals surface area contributed by atoms with Gasteiger partial charge >= 0.3 is 0 Å². The fourth-order valence-electron chi connectivity index (χ4n) is 2.72. The van der Waals surface area contributed by atoms with E-state index in [0.29, 0.717) is 17.4 Å². The van der Waals surface area contributed by atoms with E-state index in [2.05, 4.69) is 4.98 Å². The molecule has 0 saturated heterocycles. The molecule has 0 bridgehead atoms. The second kappa shape index (κ2) is 6.99. The highest BCUT2D eigenvalue weighted by Crippen LogP contribution is 2.25. The van der Waals surface area contributed by atoms with Gasteiger partial charge in [-0.1, -0.05) is 11.6 Å². The van der Waals surface area contributed by atoms with Crippen molar-refractivity contribution in [1.29, 1.82) is 0 Å². The normalized spacial score (nSPS) is 11.3. The molecule has 0 radical (unpaired) electrons. The molecule has 6 heteroatoms. The van der Waals surface area contributed by atoms with Crippen molar-refractivity contribution in [3.63, 3.8) is 0 Å². The van der Waals surface area contributed by atoms with Crippen molar-refractivity contribution in [2.45, 2.75) is 6.54 Å². The van der Waals surface area contributed by atoms with Gasteiger partial charge < -0.3 is 15.2 Å². The third kappa shape index (κ3) is 3.83.